The molecule has 0 aromatic carbocycles. The molecule has 0 saturated carbocycles. The van der Waals surface area contributed by atoms with Crippen LogP contribution in [-0.2, 0) is 4.74 Å². The van der Waals surface area contributed by atoms with Crippen LogP contribution >= 0.6 is 12.4 Å². The number of aromatic nitrogens is 1. The van der Waals surface area contributed by atoms with Crippen molar-refractivity contribution in [3.63, 3.8) is 0 Å². The first-order chi connectivity index (χ1) is 6.34. The molecule has 1 heterocycles. The molecule has 1 amide bonds. The number of ether oxygens (including phenoxy) is 1. The minimum atomic E-state index is -0.0977. The Hall–Kier alpha value is -1.13. The first-order valence-corrected chi connectivity index (χ1v) is 4.02. The molecular weight excluding hydrogens is 204 g/mol. The maximum Gasteiger partial charge on any atom is 0.251 e. The number of rotatable bonds is 4. The lowest BCUT2D eigenvalue weighted by Crippen LogP contribution is -2.26. The molecule has 1 rings (SSSR count). The molecule has 1 aromatic rings. The minimum Gasteiger partial charge on any atom is -0.383 e. The van der Waals surface area contributed by atoms with Crippen LogP contribution in [-0.4, -0.2) is 31.2 Å². The molecule has 78 valence electrons. The van der Waals surface area contributed by atoms with Crippen LogP contribution in [0.1, 0.15) is 10.4 Å². The predicted octanol–water partition coefficient (Wildman–Crippen LogP) is 0.880. The van der Waals surface area contributed by atoms with Gasteiger partial charge in [0.25, 0.3) is 5.91 Å². The Morgan fingerprint density at radius 3 is 2.71 bits per heavy atom. The van der Waals surface area contributed by atoms with E-state index in [-0.39, 0.29) is 18.3 Å². The van der Waals surface area contributed by atoms with Gasteiger partial charge in [0.2, 0.25) is 0 Å². The van der Waals surface area contributed by atoms with Crippen molar-refractivity contribution in [1.82, 2.24) is 10.3 Å². The van der Waals surface area contributed by atoms with E-state index in [9.17, 15) is 4.79 Å². The van der Waals surface area contributed by atoms with Crippen molar-refractivity contribution < 1.29 is 9.53 Å². The van der Waals surface area contributed by atoms with Gasteiger partial charge in [0.05, 0.1) is 6.61 Å². The van der Waals surface area contributed by atoms with Crippen molar-refractivity contribution in [3.8, 4) is 0 Å². The number of halogens is 1. The summed E-state index contributed by atoms with van der Waals surface area (Å²) < 4.78 is 4.80. The molecule has 14 heavy (non-hydrogen) atoms. The average Bonchev–Trinajstić information content (AvgIpc) is 2.19. The van der Waals surface area contributed by atoms with Gasteiger partial charge in [0.15, 0.2) is 0 Å². The van der Waals surface area contributed by atoms with Gasteiger partial charge in [-0.3, -0.25) is 9.78 Å². The second-order valence-electron chi connectivity index (χ2n) is 2.48. The number of carbonyl (C=O) groups is 1. The standard InChI is InChI=1S/C9H12N2O2.ClH/c1-13-7-6-11-9(12)8-2-4-10-5-3-8;/h2-5H,6-7H2,1H3,(H,11,12);1H. The Kier molecular flexibility index (Phi) is 6.70. The molecule has 0 aliphatic carbocycles. The summed E-state index contributed by atoms with van der Waals surface area (Å²) in [7, 11) is 1.60. The molecule has 0 fully saturated rings. The molecule has 5 heteroatoms. The number of hydrogen-bond donors (Lipinski definition) is 1. The van der Waals surface area contributed by atoms with E-state index >= 15 is 0 Å². The van der Waals surface area contributed by atoms with E-state index in [1.165, 1.54) is 0 Å². The largest absolute Gasteiger partial charge is 0.383 e. The maximum absolute atomic E-state index is 11.3. The molecule has 0 spiro atoms. The van der Waals surface area contributed by atoms with Crippen molar-refractivity contribution in [1.29, 1.82) is 0 Å². The van der Waals surface area contributed by atoms with Crippen LogP contribution < -0.4 is 5.32 Å². The van der Waals surface area contributed by atoms with Gasteiger partial charge in [-0.2, -0.15) is 0 Å². The highest BCUT2D eigenvalue weighted by Gasteiger charge is 2.02. The van der Waals surface area contributed by atoms with E-state index in [2.05, 4.69) is 10.3 Å². The Balaban J connectivity index is 0.00000169. The molecule has 1 N–H and O–H groups in total. The van der Waals surface area contributed by atoms with E-state index in [4.69, 9.17) is 4.74 Å². The lowest BCUT2D eigenvalue weighted by atomic mass is 10.2. The molecule has 0 saturated heterocycles. The molecule has 1 aromatic heterocycles. The molecule has 0 aliphatic rings. The number of pyridine rings is 1. The Labute approximate surface area is 89.1 Å². The van der Waals surface area contributed by atoms with Gasteiger partial charge < -0.3 is 10.1 Å². The summed E-state index contributed by atoms with van der Waals surface area (Å²) in [6.45, 7) is 1.05. The van der Waals surface area contributed by atoms with Crippen molar-refractivity contribution in [3.05, 3.63) is 30.1 Å². The zero-order valence-electron chi connectivity index (χ0n) is 7.90. The monoisotopic (exact) mass is 216 g/mol. The number of nitrogens with one attached hydrogen (secondary N) is 1. The van der Waals surface area contributed by atoms with E-state index in [1.54, 1.807) is 31.6 Å². The number of methoxy groups -OCH3 is 1. The third-order valence-electron chi connectivity index (χ3n) is 1.53. The van der Waals surface area contributed by atoms with Crippen molar-refractivity contribution in [2.75, 3.05) is 20.3 Å². The summed E-state index contributed by atoms with van der Waals surface area (Å²) >= 11 is 0. The van der Waals surface area contributed by atoms with Crippen LogP contribution in [0.2, 0.25) is 0 Å². The van der Waals surface area contributed by atoms with Crippen LogP contribution in [0.3, 0.4) is 0 Å². The van der Waals surface area contributed by atoms with E-state index in [0.29, 0.717) is 18.7 Å². The summed E-state index contributed by atoms with van der Waals surface area (Å²) in [5.74, 6) is -0.0977. The fourth-order valence-corrected chi connectivity index (χ4v) is 0.872. The van der Waals surface area contributed by atoms with Crippen LogP contribution in [0.5, 0.6) is 0 Å². The fraction of sp³-hybridized carbons (Fsp3) is 0.333. The zero-order valence-corrected chi connectivity index (χ0v) is 8.71. The number of nitrogens with zero attached hydrogens (tertiary/aromatic N) is 1. The summed E-state index contributed by atoms with van der Waals surface area (Å²) in [5, 5.41) is 2.71. The molecule has 0 unspecified atom stereocenters. The van der Waals surface area contributed by atoms with Gasteiger partial charge in [0.1, 0.15) is 0 Å². The SMILES string of the molecule is COCCNC(=O)c1ccncc1.Cl. The van der Waals surface area contributed by atoms with E-state index in [1.807, 2.05) is 0 Å². The van der Waals surface area contributed by atoms with Gasteiger partial charge in [-0.15, -0.1) is 12.4 Å². The zero-order chi connectivity index (χ0) is 9.52. The highest BCUT2D eigenvalue weighted by atomic mass is 35.5. The average molecular weight is 217 g/mol. The third-order valence-corrected chi connectivity index (χ3v) is 1.53. The van der Waals surface area contributed by atoms with Crippen LogP contribution in [0.4, 0.5) is 0 Å². The molecule has 0 aliphatic heterocycles. The lowest BCUT2D eigenvalue weighted by Gasteiger charge is -2.03. The highest BCUT2D eigenvalue weighted by molar-refractivity contribution is 5.93. The Morgan fingerprint density at radius 2 is 2.14 bits per heavy atom. The van der Waals surface area contributed by atoms with Crippen LogP contribution in [0.15, 0.2) is 24.5 Å². The second-order valence-corrected chi connectivity index (χ2v) is 2.48. The smallest absolute Gasteiger partial charge is 0.251 e. The van der Waals surface area contributed by atoms with Crippen molar-refractivity contribution in [2.24, 2.45) is 0 Å². The minimum absolute atomic E-state index is 0. The highest BCUT2D eigenvalue weighted by Crippen LogP contribution is 1.94. The molecule has 0 radical (unpaired) electrons. The number of hydrogen-bond acceptors (Lipinski definition) is 3. The summed E-state index contributed by atoms with van der Waals surface area (Å²) in [4.78, 5) is 15.1. The van der Waals surface area contributed by atoms with Crippen molar-refractivity contribution in [2.45, 2.75) is 0 Å². The summed E-state index contributed by atoms with van der Waals surface area (Å²) in [6, 6.07) is 3.34. The fourth-order valence-electron chi connectivity index (χ4n) is 0.872. The number of carbonyl (C=O) groups excluding carboxylic acids is 1. The van der Waals surface area contributed by atoms with E-state index < -0.39 is 0 Å². The van der Waals surface area contributed by atoms with Gasteiger partial charge in [-0.05, 0) is 12.1 Å². The van der Waals surface area contributed by atoms with Gasteiger partial charge in [-0.1, -0.05) is 0 Å². The van der Waals surface area contributed by atoms with Gasteiger partial charge >= 0.3 is 0 Å². The van der Waals surface area contributed by atoms with Crippen LogP contribution in [0, 0.1) is 0 Å². The topological polar surface area (TPSA) is 51.2 Å². The van der Waals surface area contributed by atoms with Gasteiger partial charge in [-0.25, -0.2) is 0 Å². The normalized spacial score (nSPS) is 8.93. The van der Waals surface area contributed by atoms with Gasteiger partial charge in [0, 0.05) is 31.6 Å². The summed E-state index contributed by atoms with van der Waals surface area (Å²) in [5.41, 5.74) is 0.617. The molecule has 0 bridgehead atoms. The quantitative estimate of drug-likeness (QED) is 0.761. The molecule has 4 nitrogen and oxygen atoms in total. The van der Waals surface area contributed by atoms with E-state index in [0.717, 1.165) is 0 Å². The molecule has 0 atom stereocenters. The molecular formula is C9H13ClN2O2. The van der Waals surface area contributed by atoms with Crippen molar-refractivity contribution >= 4 is 18.3 Å². The van der Waals surface area contributed by atoms with Crippen LogP contribution in [0.25, 0.3) is 0 Å². The lowest BCUT2D eigenvalue weighted by molar-refractivity contribution is 0.0937. The number of amides is 1. The maximum atomic E-state index is 11.3. The first-order valence-electron chi connectivity index (χ1n) is 4.02. The summed E-state index contributed by atoms with van der Waals surface area (Å²) in [6.07, 6.45) is 3.18. The Morgan fingerprint density at radius 1 is 1.50 bits per heavy atom. The predicted molar refractivity (Wildman–Crippen MR) is 55.7 cm³/mol. The first kappa shape index (κ1) is 12.9. The Bertz CT molecular complexity index is 267. The third kappa shape index (κ3) is 4.20. The second kappa shape index (κ2) is 7.29.